The van der Waals surface area contributed by atoms with Crippen molar-refractivity contribution in [1.29, 1.82) is 0 Å². The summed E-state index contributed by atoms with van der Waals surface area (Å²) >= 11 is 7.23. The smallest absolute Gasteiger partial charge is 0.289 e. The molecule has 0 aliphatic heterocycles. The molecule has 0 saturated heterocycles. The standard InChI is InChI=1S/C42H45ClN8O8S/c1-7-49(41(55)60-40-46-47-48-50(40)30-12-9-8-10-13-30)25-28-23-31(51(56)57)17-20-35(28)59-37(38(53)42(4,5)6)39(54)45-33-24-29(16-18-32(33)43)44-36(52)14-11-21-58-34-19-15-26(2)22-27(34)3/h8-10,12-13,15-20,22-24,37H,7,11,14,21,25H2,1-6H3,(H,44,52)(H,45,54). The van der Waals surface area contributed by atoms with Gasteiger partial charge < -0.3 is 25.0 Å². The van der Waals surface area contributed by atoms with Crippen molar-refractivity contribution < 1.29 is 33.6 Å². The molecule has 0 saturated carbocycles. The number of anilines is 2. The Bertz CT molecular complexity index is 2370. The predicted octanol–water partition coefficient (Wildman–Crippen LogP) is 8.37. The Labute approximate surface area is 356 Å². The van der Waals surface area contributed by atoms with Crippen LogP contribution in [0.15, 0.2) is 90.1 Å². The van der Waals surface area contributed by atoms with Crippen LogP contribution in [0.5, 0.6) is 11.5 Å². The van der Waals surface area contributed by atoms with Gasteiger partial charge in [0.2, 0.25) is 17.2 Å². The molecule has 4 aromatic carbocycles. The van der Waals surface area contributed by atoms with Gasteiger partial charge in [-0.1, -0.05) is 68.3 Å². The highest BCUT2D eigenvalue weighted by Crippen LogP contribution is 2.32. The molecular formula is C42H45ClN8O8S. The lowest BCUT2D eigenvalue weighted by atomic mass is 9.87. The zero-order valence-electron chi connectivity index (χ0n) is 33.9. The molecule has 1 atom stereocenters. The topological polar surface area (TPSA) is 201 Å². The molecule has 1 aromatic heterocycles. The van der Waals surface area contributed by atoms with Crippen molar-refractivity contribution in [2.75, 3.05) is 23.8 Å². The van der Waals surface area contributed by atoms with Gasteiger partial charge in [0.05, 0.1) is 34.5 Å². The molecule has 5 aromatic rings. The number of hydrogen-bond acceptors (Lipinski definition) is 12. The van der Waals surface area contributed by atoms with Crippen molar-refractivity contribution in [3.8, 4) is 17.2 Å². The van der Waals surface area contributed by atoms with E-state index in [1.54, 1.807) is 58.0 Å². The van der Waals surface area contributed by atoms with Gasteiger partial charge in [-0.25, -0.2) is 0 Å². The number of nitro groups is 1. The molecule has 0 bridgehead atoms. The fraction of sp³-hybridized carbons (Fsp3) is 0.310. The van der Waals surface area contributed by atoms with Gasteiger partial charge >= 0.3 is 0 Å². The van der Waals surface area contributed by atoms with E-state index < -0.39 is 33.4 Å². The Morgan fingerprint density at radius 3 is 2.38 bits per heavy atom. The number of nitrogens with zero attached hydrogens (tertiary/aromatic N) is 6. The molecule has 18 heteroatoms. The molecule has 0 spiro atoms. The van der Waals surface area contributed by atoms with E-state index in [9.17, 15) is 29.3 Å². The zero-order valence-corrected chi connectivity index (χ0v) is 35.5. The van der Waals surface area contributed by atoms with Crippen molar-refractivity contribution in [2.45, 2.75) is 72.2 Å². The average molecular weight is 857 g/mol. The van der Waals surface area contributed by atoms with E-state index in [0.29, 0.717) is 24.4 Å². The van der Waals surface area contributed by atoms with Gasteiger partial charge in [0, 0.05) is 53.5 Å². The second-order valence-electron chi connectivity index (χ2n) is 14.7. The number of amides is 3. The molecule has 0 fully saturated rings. The third-order valence-electron chi connectivity index (χ3n) is 8.98. The highest BCUT2D eigenvalue weighted by molar-refractivity contribution is 8.13. The molecule has 16 nitrogen and oxygen atoms in total. The van der Waals surface area contributed by atoms with Crippen LogP contribution in [-0.4, -0.2) is 72.1 Å². The van der Waals surface area contributed by atoms with Gasteiger partial charge in [-0.05, 0) is 85.6 Å². The summed E-state index contributed by atoms with van der Waals surface area (Å²) < 4.78 is 13.4. The number of ether oxygens (including phenoxy) is 2. The van der Waals surface area contributed by atoms with Gasteiger partial charge in [0.1, 0.15) is 11.5 Å². The second kappa shape index (κ2) is 20.1. The lowest BCUT2D eigenvalue weighted by Crippen LogP contribution is -2.45. The second-order valence-corrected chi connectivity index (χ2v) is 16.0. The van der Waals surface area contributed by atoms with Crippen molar-refractivity contribution in [2.24, 2.45) is 5.41 Å². The van der Waals surface area contributed by atoms with E-state index >= 15 is 0 Å². The first-order valence-corrected chi connectivity index (χ1v) is 20.1. The molecule has 0 aliphatic carbocycles. The van der Waals surface area contributed by atoms with Crippen molar-refractivity contribution in [3.05, 3.63) is 117 Å². The maximum absolute atomic E-state index is 14.0. The van der Waals surface area contributed by atoms with Gasteiger partial charge in [0.25, 0.3) is 16.8 Å². The number of aryl methyl sites for hydroxylation is 2. The Hall–Kier alpha value is -6.33. The Kier molecular flexibility index (Phi) is 15.0. The Balaban J connectivity index is 1.32. The summed E-state index contributed by atoms with van der Waals surface area (Å²) in [7, 11) is 0. The summed E-state index contributed by atoms with van der Waals surface area (Å²) in [5, 5.41) is 28.8. The number of Topliss-reactive ketones (excluding diaryl/α,β-unsaturated/α-hetero) is 1. The van der Waals surface area contributed by atoms with E-state index in [2.05, 4.69) is 26.2 Å². The van der Waals surface area contributed by atoms with Gasteiger partial charge in [-0.15, -0.1) is 5.10 Å². The lowest BCUT2D eigenvalue weighted by Gasteiger charge is -2.27. The van der Waals surface area contributed by atoms with Crippen LogP contribution in [0.3, 0.4) is 0 Å². The largest absolute Gasteiger partial charge is 0.493 e. The van der Waals surface area contributed by atoms with Crippen LogP contribution in [0.1, 0.15) is 57.2 Å². The lowest BCUT2D eigenvalue weighted by molar-refractivity contribution is -0.385. The normalized spacial score (nSPS) is 11.7. The number of carbonyl (C=O) groups excluding carboxylic acids is 4. The van der Waals surface area contributed by atoms with Gasteiger partial charge in [0.15, 0.2) is 5.78 Å². The van der Waals surface area contributed by atoms with E-state index in [1.807, 2.05) is 38.1 Å². The number of carbonyl (C=O) groups is 4. The first kappa shape index (κ1) is 44.8. The molecule has 60 heavy (non-hydrogen) atoms. The van der Waals surface area contributed by atoms with Crippen LogP contribution in [0.4, 0.5) is 21.9 Å². The van der Waals surface area contributed by atoms with E-state index in [-0.39, 0.29) is 58.3 Å². The summed E-state index contributed by atoms with van der Waals surface area (Å²) in [6, 6.07) is 23.0. The molecule has 0 aliphatic rings. The fourth-order valence-corrected chi connectivity index (χ4v) is 6.74. The highest BCUT2D eigenvalue weighted by Gasteiger charge is 2.38. The van der Waals surface area contributed by atoms with Gasteiger partial charge in [-0.3, -0.25) is 29.3 Å². The number of thioether (sulfide) groups is 1. The Morgan fingerprint density at radius 1 is 0.967 bits per heavy atom. The van der Waals surface area contributed by atoms with Crippen LogP contribution < -0.4 is 20.1 Å². The number of halogens is 1. The van der Waals surface area contributed by atoms with Gasteiger partial charge in [-0.2, -0.15) is 4.68 Å². The van der Waals surface area contributed by atoms with Crippen LogP contribution in [0, 0.1) is 29.4 Å². The predicted molar refractivity (Wildman–Crippen MR) is 228 cm³/mol. The van der Waals surface area contributed by atoms with E-state index in [0.717, 1.165) is 28.6 Å². The Morgan fingerprint density at radius 2 is 1.70 bits per heavy atom. The van der Waals surface area contributed by atoms with Crippen molar-refractivity contribution >= 4 is 63.3 Å². The van der Waals surface area contributed by atoms with Crippen LogP contribution in [-0.2, 0) is 20.9 Å². The quantitative estimate of drug-likeness (QED) is 0.0298. The zero-order chi connectivity index (χ0) is 43.6. The first-order valence-electron chi connectivity index (χ1n) is 18.9. The number of tetrazole rings is 1. The maximum Gasteiger partial charge on any atom is 0.289 e. The number of rotatable bonds is 17. The summed E-state index contributed by atoms with van der Waals surface area (Å²) in [5.74, 6) is -1.08. The average Bonchev–Trinajstić information content (AvgIpc) is 3.67. The van der Waals surface area contributed by atoms with Crippen molar-refractivity contribution in [3.63, 3.8) is 0 Å². The number of non-ortho nitro benzene ring substituents is 1. The number of nitro benzene ring substituents is 1. The molecule has 0 radical (unpaired) electrons. The number of aromatic nitrogens is 4. The van der Waals surface area contributed by atoms with Crippen LogP contribution in [0.25, 0.3) is 5.69 Å². The minimum Gasteiger partial charge on any atom is -0.493 e. The number of hydrogen-bond donors (Lipinski definition) is 2. The minimum atomic E-state index is -1.77. The minimum absolute atomic E-state index is 0.0441. The molecule has 1 unspecified atom stereocenters. The third-order valence-corrected chi connectivity index (χ3v) is 10.2. The molecule has 314 valence electrons. The highest BCUT2D eigenvalue weighted by atomic mass is 35.5. The number of nitrogens with one attached hydrogen (secondary N) is 2. The summed E-state index contributed by atoms with van der Waals surface area (Å²) in [6.45, 7) is 10.8. The third kappa shape index (κ3) is 11.9. The maximum atomic E-state index is 14.0. The van der Waals surface area contributed by atoms with Crippen LogP contribution in [0.2, 0.25) is 5.02 Å². The monoisotopic (exact) mass is 856 g/mol. The van der Waals surface area contributed by atoms with E-state index in [1.165, 1.54) is 39.9 Å². The SMILES string of the molecule is CCN(Cc1cc([N+](=O)[O-])ccc1OC(C(=O)Nc1cc(NC(=O)CCCOc2ccc(C)cc2C)ccc1Cl)C(=O)C(C)(C)C)C(=O)Sc1nnnn1-c1ccccc1. The first-order chi connectivity index (χ1) is 28.5. The molecule has 5 rings (SSSR count). The molecule has 2 N–H and O–H groups in total. The number of ketones is 1. The summed E-state index contributed by atoms with van der Waals surface area (Å²) in [4.78, 5) is 67.0. The number of para-hydroxylation sites is 1. The van der Waals surface area contributed by atoms with Crippen LogP contribution >= 0.6 is 23.4 Å². The molecule has 3 amide bonds. The summed E-state index contributed by atoms with van der Waals surface area (Å²) in [5.41, 5.74) is 1.96. The fourth-order valence-electron chi connectivity index (χ4n) is 5.79. The molecular weight excluding hydrogens is 812 g/mol. The number of benzene rings is 4. The van der Waals surface area contributed by atoms with E-state index in [4.69, 9.17) is 21.1 Å². The molecule has 1 heterocycles. The van der Waals surface area contributed by atoms with Crippen molar-refractivity contribution in [1.82, 2.24) is 25.1 Å². The summed E-state index contributed by atoms with van der Waals surface area (Å²) in [6.07, 6.45) is -1.16.